The van der Waals surface area contributed by atoms with Crippen LogP contribution in [0.5, 0.6) is 0 Å². The topological polar surface area (TPSA) is 73.7 Å². The summed E-state index contributed by atoms with van der Waals surface area (Å²) < 4.78 is 0. The van der Waals surface area contributed by atoms with Gasteiger partial charge in [-0.25, -0.2) is 4.79 Å². The molecule has 0 aliphatic rings. The lowest BCUT2D eigenvalue weighted by Gasteiger charge is -2.24. The summed E-state index contributed by atoms with van der Waals surface area (Å²) in [5.41, 5.74) is 1.42. The molecule has 0 atom stereocenters. The van der Waals surface area contributed by atoms with E-state index < -0.39 is 5.97 Å². The van der Waals surface area contributed by atoms with Gasteiger partial charge in [-0.1, -0.05) is 6.08 Å². The van der Waals surface area contributed by atoms with E-state index in [9.17, 15) is 4.79 Å². The Labute approximate surface area is 100 Å². The summed E-state index contributed by atoms with van der Waals surface area (Å²) in [6, 6.07) is 1.70. The fourth-order valence-electron chi connectivity index (χ4n) is 1.56. The molecule has 5 nitrogen and oxygen atoms in total. The van der Waals surface area contributed by atoms with Gasteiger partial charge in [0.15, 0.2) is 0 Å². The summed E-state index contributed by atoms with van der Waals surface area (Å²) in [5, 5.41) is 18.1. The Kier molecular flexibility index (Phi) is 4.66. The number of hydrogen-bond acceptors (Lipinski definition) is 4. The molecule has 1 heterocycles. The van der Waals surface area contributed by atoms with E-state index >= 15 is 0 Å². The highest BCUT2D eigenvalue weighted by Gasteiger charge is 2.15. The Morgan fingerprint density at radius 3 is 2.88 bits per heavy atom. The second-order valence-corrected chi connectivity index (χ2v) is 3.61. The smallest absolute Gasteiger partial charge is 0.339 e. The van der Waals surface area contributed by atoms with Gasteiger partial charge in [-0.2, -0.15) is 0 Å². The fraction of sp³-hybridized carbons (Fsp3) is 0.333. The van der Waals surface area contributed by atoms with Gasteiger partial charge >= 0.3 is 5.97 Å². The van der Waals surface area contributed by atoms with Gasteiger partial charge in [-0.15, -0.1) is 6.58 Å². The maximum atomic E-state index is 11.1. The van der Waals surface area contributed by atoms with Crippen molar-refractivity contribution in [1.82, 2.24) is 4.98 Å². The monoisotopic (exact) mass is 236 g/mol. The fourth-order valence-corrected chi connectivity index (χ4v) is 1.56. The number of carboxylic acid groups (broad SMARTS) is 1. The van der Waals surface area contributed by atoms with Gasteiger partial charge in [0.1, 0.15) is 5.56 Å². The lowest BCUT2D eigenvalue weighted by Crippen LogP contribution is -2.28. The van der Waals surface area contributed by atoms with Gasteiger partial charge in [0.05, 0.1) is 12.3 Å². The van der Waals surface area contributed by atoms with Crippen molar-refractivity contribution in [3.05, 3.63) is 36.2 Å². The zero-order valence-corrected chi connectivity index (χ0v) is 9.76. The molecule has 17 heavy (non-hydrogen) atoms. The van der Waals surface area contributed by atoms with Crippen LogP contribution in [0.4, 0.5) is 5.69 Å². The first kappa shape index (κ1) is 13.2. The second-order valence-electron chi connectivity index (χ2n) is 3.61. The number of carboxylic acids is 1. The Hall–Kier alpha value is -1.88. The van der Waals surface area contributed by atoms with E-state index in [1.165, 1.54) is 6.20 Å². The largest absolute Gasteiger partial charge is 0.478 e. The number of hydrogen-bond donors (Lipinski definition) is 2. The molecule has 0 radical (unpaired) electrons. The van der Waals surface area contributed by atoms with Crippen LogP contribution in [0.2, 0.25) is 0 Å². The Bertz CT molecular complexity index is 418. The Morgan fingerprint density at radius 1 is 1.65 bits per heavy atom. The number of nitrogens with zero attached hydrogens (tertiary/aromatic N) is 2. The van der Waals surface area contributed by atoms with Crippen LogP contribution >= 0.6 is 0 Å². The predicted octanol–water partition coefficient (Wildman–Crippen LogP) is 1.07. The van der Waals surface area contributed by atoms with Crippen molar-refractivity contribution in [2.45, 2.75) is 6.92 Å². The molecule has 0 spiro atoms. The molecule has 5 heteroatoms. The van der Waals surface area contributed by atoms with Gasteiger partial charge in [-0.05, 0) is 13.0 Å². The van der Waals surface area contributed by atoms with Crippen molar-refractivity contribution < 1.29 is 15.0 Å². The number of rotatable bonds is 6. The number of aromatic nitrogens is 1. The molecule has 2 N–H and O–H groups in total. The van der Waals surface area contributed by atoms with E-state index in [-0.39, 0.29) is 12.2 Å². The van der Waals surface area contributed by atoms with Gasteiger partial charge in [0.2, 0.25) is 0 Å². The van der Waals surface area contributed by atoms with Crippen molar-refractivity contribution in [3.63, 3.8) is 0 Å². The molecule has 0 saturated heterocycles. The standard InChI is InChI=1S/C12H16N2O3/c1-3-4-14(5-6-15)11-7-9(2)13-8-10(11)12(16)17/h3,7-8,15H,1,4-6H2,2H3,(H,16,17). The number of anilines is 1. The molecule has 0 aromatic carbocycles. The van der Waals surface area contributed by atoms with Gasteiger partial charge in [-0.3, -0.25) is 4.98 Å². The van der Waals surface area contributed by atoms with Crippen LogP contribution in [0.3, 0.4) is 0 Å². The van der Waals surface area contributed by atoms with Crippen LogP contribution < -0.4 is 4.90 Å². The third-order valence-electron chi connectivity index (χ3n) is 2.31. The Morgan fingerprint density at radius 2 is 2.35 bits per heavy atom. The molecule has 1 aromatic rings. The predicted molar refractivity (Wildman–Crippen MR) is 65.4 cm³/mol. The summed E-state index contributed by atoms with van der Waals surface area (Å²) in [4.78, 5) is 16.8. The number of aryl methyl sites for hydroxylation is 1. The first-order valence-electron chi connectivity index (χ1n) is 5.26. The maximum absolute atomic E-state index is 11.1. The minimum atomic E-state index is -1.03. The lowest BCUT2D eigenvalue weighted by molar-refractivity contribution is 0.0697. The van der Waals surface area contributed by atoms with Crippen molar-refractivity contribution in [2.24, 2.45) is 0 Å². The minimum Gasteiger partial charge on any atom is -0.478 e. The maximum Gasteiger partial charge on any atom is 0.339 e. The first-order valence-corrected chi connectivity index (χ1v) is 5.26. The van der Waals surface area contributed by atoms with Crippen LogP contribution in [0, 0.1) is 6.92 Å². The highest BCUT2D eigenvalue weighted by Crippen LogP contribution is 2.20. The van der Waals surface area contributed by atoms with E-state index in [0.29, 0.717) is 18.8 Å². The number of pyridine rings is 1. The summed E-state index contributed by atoms with van der Waals surface area (Å²) >= 11 is 0. The van der Waals surface area contributed by atoms with Gasteiger partial charge < -0.3 is 15.1 Å². The molecule has 1 aromatic heterocycles. The van der Waals surface area contributed by atoms with Crippen molar-refractivity contribution in [1.29, 1.82) is 0 Å². The molecule has 0 unspecified atom stereocenters. The molecule has 0 aliphatic heterocycles. The van der Waals surface area contributed by atoms with Gasteiger partial charge in [0.25, 0.3) is 0 Å². The van der Waals surface area contributed by atoms with Crippen LogP contribution in [0.25, 0.3) is 0 Å². The van der Waals surface area contributed by atoms with E-state index in [1.807, 2.05) is 0 Å². The van der Waals surface area contributed by atoms with E-state index in [2.05, 4.69) is 11.6 Å². The minimum absolute atomic E-state index is 0.0474. The molecule has 92 valence electrons. The second kappa shape index (κ2) is 6.00. The Balaban J connectivity index is 3.18. The summed E-state index contributed by atoms with van der Waals surface area (Å²) in [5.74, 6) is -1.03. The molecule has 0 aliphatic carbocycles. The van der Waals surface area contributed by atoms with E-state index in [4.69, 9.17) is 10.2 Å². The molecule has 0 fully saturated rings. The zero-order valence-electron chi connectivity index (χ0n) is 9.76. The summed E-state index contributed by atoms with van der Waals surface area (Å²) in [6.07, 6.45) is 3.00. The van der Waals surface area contributed by atoms with Crippen LogP contribution in [-0.2, 0) is 0 Å². The zero-order chi connectivity index (χ0) is 12.8. The van der Waals surface area contributed by atoms with Crippen LogP contribution in [-0.4, -0.2) is 40.9 Å². The summed E-state index contributed by atoms with van der Waals surface area (Å²) in [7, 11) is 0. The average molecular weight is 236 g/mol. The van der Waals surface area contributed by atoms with Crippen LogP contribution in [0.15, 0.2) is 24.9 Å². The number of aliphatic hydroxyl groups is 1. The van der Waals surface area contributed by atoms with E-state index in [0.717, 1.165) is 5.69 Å². The summed E-state index contributed by atoms with van der Waals surface area (Å²) in [6.45, 7) is 6.20. The molecular weight excluding hydrogens is 220 g/mol. The lowest BCUT2D eigenvalue weighted by atomic mass is 10.2. The molecular formula is C12H16N2O3. The van der Waals surface area contributed by atoms with Gasteiger partial charge in [0, 0.05) is 25.0 Å². The quantitative estimate of drug-likeness (QED) is 0.723. The number of aliphatic hydroxyl groups excluding tert-OH is 1. The molecule has 1 rings (SSSR count). The van der Waals surface area contributed by atoms with Crippen molar-refractivity contribution in [2.75, 3.05) is 24.6 Å². The SMILES string of the molecule is C=CCN(CCO)c1cc(C)ncc1C(=O)O. The van der Waals surface area contributed by atoms with Crippen molar-refractivity contribution in [3.8, 4) is 0 Å². The molecule has 0 amide bonds. The highest BCUT2D eigenvalue weighted by molar-refractivity contribution is 5.94. The number of carbonyl (C=O) groups is 1. The normalized spacial score (nSPS) is 10.0. The number of aromatic carboxylic acids is 1. The molecule has 0 saturated carbocycles. The third kappa shape index (κ3) is 3.29. The van der Waals surface area contributed by atoms with Crippen LogP contribution in [0.1, 0.15) is 16.1 Å². The van der Waals surface area contributed by atoms with Crippen molar-refractivity contribution >= 4 is 11.7 Å². The van der Waals surface area contributed by atoms with E-state index in [1.54, 1.807) is 24.0 Å². The third-order valence-corrected chi connectivity index (χ3v) is 2.31. The molecule has 0 bridgehead atoms. The highest BCUT2D eigenvalue weighted by atomic mass is 16.4. The average Bonchev–Trinajstić information content (AvgIpc) is 2.28. The first-order chi connectivity index (χ1) is 8.10.